The molecule has 1 aromatic carbocycles. The van der Waals surface area contributed by atoms with Crippen molar-refractivity contribution in [2.45, 2.75) is 19.9 Å². The number of hydrogen-bond donors (Lipinski definition) is 1. The van der Waals surface area contributed by atoms with Gasteiger partial charge in [-0.15, -0.1) is 0 Å². The third-order valence-corrected chi connectivity index (χ3v) is 4.39. The molecule has 0 radical (unpaired) electrons. The summed E-state index contributed by atoms with van der Waals surface area (Å²) in [6.45, 7) is 2.70. The molecule has 0 heterocycles. The average Bonchev–Trinajstić information content (AvgIpc) is 2.38. The van der Waals surface area contributed by atoms with Gasteiger partial charge < -0.3 is 10.1 Å². The third kappa shape index (κ3) is 3.83. The number of ether oxygens (including phenoxy) is 1. The van der Waals surface area contributed by atoms with Crippen molar-refractivity contribution in [2.24, 2.45) is 0 Å². The summed E-state index contributed by atoms with van der Waals surface area (Å²) in [4.78, 5) is 22.7. The highest BCUT2D eigenvalue weighted by molar-refractivity contribution is 6.55. The van der Waals surface area contributed by atoms with Crippen LogP contribution in [0.5, 0.6) is 5.75 Å². The van der Waals surface area contributed by atoms with Crippen molar-refractivity contribution in [1.29, 1.82) is 0 Å². The molecule has 0 aliphatic heterocycles. The predicted molar refractivity (Wildman–Crippen MR) is 80.4 cm³/mol. The van der Waals surface area contributed by atoms with Crippen LogP contribution in [0.3, 0.4) is 0 Å². The van der Waals surface area contributed by atoms with Gasteiger partial charge in [-0.1, -0.05) is 58.0 Å². The van der Waals surface area contributed by atoms with E-state index in [4.69, 9.17) is 62.7 Å². The first kappa shape index (κ1) is 17.7. The van der Waals surface area contributed by atoms with E-state index in [1.807, 2.05) is 0 Å². The van der Waals surface area contributed by atoms with Gasteiger partial charge in [0.2, 0.25) is 5.91 Å². The number of esters is 1. The van der Waals surface area contributed by atoms with E-state index in [9.17, 15) is 9.59 Å². The second-order valence-corrected chi connectivity index (χ2v) is 5.63. The molecule has 1 amide bonds. The van der Waals surface area contributed by atoms with Gasteiger partial charge in [-0.3, -0.25) is 4.79 Å². The second kappa shape index (κ2) is 7.05. The van der Waals surface area contributed by atoms with Crippen LogP contribution in [-0.2, 0) is 9.59 Å². The van der Waals surface area contributed by atoms with E-state index >= 15 is 0 Å². The normalized spacial score (nSPS) is 11.9. The third-order valence-electron chi connectivity index (χ3n) is 2.15. The molecule has 0 fully saturated rings. The lowest BCUT2D eigenvalue weighted by molar-refractivity contribution is -0.138. The minimum Gasteiger partial charge on any atom is -0.422 e. The number of nitrogens with one attached hydrogen (secondary N) is 1. The average molecular weight is 379 g/mol. The van der Waals surface area contributed by atoms with Crippen molar-refractivity contribution >= 4 is 69.9 Å². The number of carbonyl (C=O) groups excluding carboxylic acids is 2. The highest BCUT2D eigenvalue weighted by Crippen LogP contribution is 2.48. The fraction of sp³-hybridized carbons (Fsp3) is 0.273. The molecule has 0 saturated carbocycles. The SMILES string of the molecule is CC(=O)N[C@H](C)C(=O)Oc1c(Cl)c(Cl)c(Cl)c(Cl)c1Cl. The Morgan fingerprint density at radius 3 is 1.75 bits per heavy atom. The van der Waals surface area contributed by atoms with E-state index < -0.39 is 12.0 Å². The molecule has 4 nitrogen and oxygen atoms in total. The van der Waals surface area contributed by atoms with Crippen LogP contribution >= 0.6 is 58.0 Å². The van der Waals surface area contributed by atoms with Gasteiger partial charge in [0.05, 0.1) is 15.1 Å². The van der Waals surface area contributed by atoms with Crippen molar-refractivity contribution in [3.63, 3.8) is 0 Å². The van der Waals surface area contributed by atoms with Crippen LogP contribution in [0.25, 0.3) is 0 Å². The van der Waals surface area contributed by atoms with Crippen LogP contribution in [0, 0.1) is 0 Å². The first-order chi connectivity index (χ1) is 9.16. The zero-order chi connectivity index (χ0) is 15.6. The Bertz CT molecular complexity index is 547. The monoisotopic (exact) mass is 377 g/mol. The molecular formula is C11H8Cl5NO3. The van der Waals surface area contributed by atoms with E-state index in [0.29, 0.717) is 0 Å². The summed E-state index contributed by atoms with van der Waals surface area (Å²) in [5.74, 6) is -1.38. The molecule has 0 unspecified atom stereocenters. The second-order valence-electron chi connectivity index (χ2n) is 3.74. The molecule has 1 rings (SSSR count). The van der Waals surface area contributed by atoms with Gasteiger partial charge in [0.1, 0.15) is 16.1 Å². The smallest absolute Gasteiger partial charge is 0.333 e. The van der Waals surface area contributed by atoms with Gasteiger partial charge in [0.15, 0.2) is 5.75 Å². The highest BCUT2D eigenvalue weighted by Gasteiger charge is 2.24. The van der Waals surface area contributed by atoms with Gasteiger partial charge >= 0.3 is 5.97 Å². The van der Waals surface area contributed by atoms with E-state index in [-0.39, 0.29) is 36.8 Å². The molecule has 110 valence electrons. The van der Waals surface area contributed by atoms with Gasteiger partial charge in [-0.2, -0.15) is 0 Å². The fourth-order valence-corrected chi connectivity index (χ4v) is 2.43. The zero-order valence-corrected chi connectivity index (χ0v) is 14.0. The minimum atomic E-state index is -0.895. The van der Waals surface area contributed by atoms with E-state index in [1.54, 1.807) is 0 Å². The number of halogens is 5. The quantitative estimate of drug-likeness (QED) is 0.367. The van der Waals surface area contributed by atoms with E-state index in [0.717, 1.165) is 0 Å². The van der Waals surface area contributed by atoms with E-state index in [1.165, 1.54) is 13.8 Å². The molecule has 20 heavy (non-hydrogen) atoms. The Kier molecular flexibility index (Phi) is 6.23. The van der Waals surface area contributed by atoms with Crippen molar-refractivity contribution in [1.82, 2.24) is 5.32 Å². The number of benzene rings is 1. The molecule has 0 aliphatic carbocycles. The topological polar surface area (TPSA) is 55.4 Å². The molecule has 0 spiro atoms. The van der Waals surface area contributed by atoms with Crippen LogP contribution in [-0.4, -0.2) is 17.9 Å². The number of amides is 1. The van der Waals surface area contributed by atoms with Crippen LogP contribution in [0.2, 0.25) is 25.1 Å². The Morgan fingerprint density at radius 2 is 1.35 bits per heavy atom. The molecule has 0 bridgehead atoms. The highest BCUT2D eigenvalue weighted by atomic mass is 35.5. The Balaban J connectivity index is 3.10. The van der Waals surface area contributed by atoms with Crippen LogP contribution in [0.1, 0.15) is 13.8 Å². The molecule has 0 aliphatic rings. The minimum absolute atomic E-state index is 0.0435. The number of rotatable bonds is 3. The number of carbonyl (C=O) groups is 2. The molecule has 0 saturated heterocycles. The molecule has 1 atom stereocenters. The van der Waals surface area contributed by atoms with Gasteiger partial charge in [0, 0.05) is 6.92 Å². The predicted octanol–water partition coefficient (Wildman–Crippen LogP) is 4.38. The van der Waals surface area contributed by atoms with Gasteiger partial charge in [-0.25, -0.2) is 4.79 Å². The van der Waals surface area contributed by atoms with Crippen molar-refractivity contribution in [2.75, 3.05) is 0 Å². The maximum Gasteiger partial charge on any atom is 0.333 e. The molecule has 9 heteroatoms. The van der Waals surface area contributed by atoms with Crippen molar-refractivity contribution in [3.8, 4) is 5.75 Å². The summed E-state index contributed by atoms with van der Waals surface area (Å²) in [5, 5.41) is 1.85. The summed E-state index contributed by atoms with van der Waals surface area (Å²) in [6, 6.07) is -0.895. The standard InChI is InChI=1S/C11H8Cl5NO3/c1-3(17-4(2)18)11(19)20-10-8(15)6(13)5(12)7(14)9(10)16/h3H,1-2H3,(H,17,18)/t3-/m1/s1. The summed E-state index contributed by atoms with van der Waals surface area (Å²) in [6.07, 6.45) is 0. The molecule has 1 aromatic rings. The molecular weight excluding hydrogens is 371 g/mol. The van der Waals surface area contributed by atoms with Crippen LogP contribution in [0.4, 0.5) is 0 Å². The van der Waals surface area contributed by atoms with Crippen LogP contribution in [0.15, 0.2) is 0 Å². The lowest BCUT2D eigenvalue weighted by Gasteiger charge is -2.15. The summed E-state index contributed by atoms with van der Waals surface area (Å²) in [5.41, 5.74) is 0. The Labute approximate surface area is 140 Å². The zero-order valence-electron chi connectivity index (χ0n) is 10.2. The maximum absolute atomic E-state index is 11.8. The lowest BCUT2D eigenvalue weighted by atomic mass is 10.3. The Morgan fingerprint density at radius 1 is 0.950 bits per heavy atom. The van der Waals surface area contributed by atoms with Crippen molar-refractivity contribution < 1.29 is 14.3 Å². The number of hydrogen-bond acceptors (Lipinski definition) is 3. The van der Waals surface area contributed by atoms with Crippen LogP contribution < -0.4 is 10.1 Å². The van der Waals surface area contributed by atoms with Crippen molar-refractivity contribution in [3.05, 3.63) is 25.1 Å². The van der Waals surface area contributed by atoms with Gasteiger partial charge in [-0.05, 0) is 6.92 Å². The largest absolute Gasteiger partial charge is 0.422 e. The Hall–Kier alpha value is -0.390. The first-order valence-corrected chi connectivity index (χ1v) is 7.06. The lowest BCUT2D eigenvalue weighted by Crippen LogP contribution is -2.39. The molecule has 0 aromatic heterocycles. The summed E-state index contributed by atoms with van der Waals surface area (Å²) >= 11 is 29.3. The molecule has 1 N–H and O–H groups in total. The maximum atomic E-state index is 11.8. The summed E-state index contributed by atoms with van der Waals surface area (Å²) < 4.78 is 5.01. The van der Waals surface area contributed by atoms with Gasteiger partial charge in [0.25, 0.3) is 0 Å². The fourth-order valence-electron chi connectivity index (χ4n) is 1.23. The summed E-state index contributed by atoms with van der Waals surface area (Å²) in [7, 11) is 0. The first-order valence-electron chi connectivity index (χ1n) is 5.17. The van der Waals surface area contributed by atoms with E-state index in [2.05, 4.69) is 5.32 Å².